The van der Waals surface area contributed by atoms with Gasteiger partial charge in [-0.2, -0.15) is 0 Å². The third-order valence-corrected chi connectivity index (χ3v) is 5.28. The Bertz CT molecular complexity index is 615. The Morgan fingerprint density at radius 2 is 1.65 bits per heavy atom. The number of nitrogens with zero attached hydrogens (tertiary/aromatic N) is 3. The molecule has 0 radical (unpaired) electrons. The first-order valence-electron chi connectivity index (χ1n) is 8.81. The van der Waals surface area contributed by atoms with Gasteiger partial charge in [0.15, 0.2) is 0 Å². The van der Waals surface area contributed by atoms with Crippen LogP contribution in [0.15, 0.2) is 48.7 Å². The summed E-state index contributed by atoms with van der Waals surface area (Å²) < 4.78 is 0. The molecule has 2 aliphatic rings. The van der Waals surface area contributed by atoms with Crippen LogP contribution in [0.5, 0.6) is 0 Å². The second-order valence-electron chi connectivity index (χ2n) is 6.82. The van der Waals surface area contributed by atoms with Gasteiger partial charge in [-0.15, -0.1) is 0 Å². The zero-order valence-corrected chi connectivity index (χ0v) is 13.7. The lowest BCUT2D eigenvalue weighted by Crippen LogP contribution is -2.38. The second kappa shape index (κ2) is 6.81. The minimum absolute atomic E-state index is 0.710. The van der Waals surface area contributed by atoms with E-state index in [1.165, 1.54) is 44.6 Å². The van der Waals surface area contributed by atoms with Crippen LogP contribution in [0.1, 0.15) is 23.2 Å². The van der Waals surface area contributed by atoms with Gasteiger partial charge in [-0.3, -0.25) is 14.8 Å². The van der Waals surface area contributed by atoms with Crippen molar-refractivity contribution in [3.63, 3.8) is 0 Å². The number of hydrogen-bond donors (Lipinski definition) is 0. The number of rotatable bonds is 3. The molecule has 0 spiro atoms. The highest BCUT2D eigenvalue weighted by Gasteiger charge is 2.27. The van der Waals surface area contributed by atoms with E-state index in [1.54, 1.807) is 11.1 Å². The summed E-state index contributed by atoms with van der Waals surface area (Å²) in [5, 5.41) is 0. The maximum absolute atomic E-state index is 4.47. The molecule has 3 nitrogen and oxygen atoms in total. The second-order valence-corrected chi connectivity index (χ2v) is 6.82. The molecular weight excluding hydrogens is 282 g/mol. The molecule has 0 bridgehead atoms. The average Bonchev–Trinajstić information content (AvgIpc) is 2.89. The fourth-order valence-electron chi connectivity index (χ4n) is 4.03. The molecule has 120 valence electrons. The Hall–Kier alpha value is -1.71. The summed E-state index contributed by atoms with van der Waals surface area (Å²) in [7, 11) is 0. The molecule has 1 fully saturated rings. The van der Waals surface area contributed by atoms with Crippen molar-refractivity contribution in [3.8, 4) is 0 Å². The van der Waals surface area contributed by atoms with Gasteiger partial charge in [0.25, 0.3) is 0 Å². The van der Waals surface area contributed by atoms with Crippen LogP contribution in [-0.4, -0.2) is 47.0 Å². The molecule has 4 rings (SSSR count). The molecule has 0 saturated carbocycles. The molecule has 0 atom stereocenters. The van der Waals surface area contributed by atoms with Crippen LogP contribution in [0.25, 0.3) is 0 Å². The van der Waals surface area contributed by atoms with Gasteiger partial charge in [0, 0.05) is 31.9 Å². The van der Waals surface area contributed by atoms with E-state index >= 15 is 0 Å². The molecule has 0 unspecified atom stereocenters. The van der Waals surface area contributed by atoms with Gasteiger partial charge < -0.3 is 0 Å². The van der Waals surface area contributed by atoms with Crippen LogP contribution in [0.2, 0.25) is 0 Å². The van der Waals surface area contributed by atoms with E-state index in [0.717, 1.165) is 13.1 Å². The minimum atomic E-state index is 0.710. The largest absolute Gasteiger partial charge is 0.298 e. The van der Waals surface area contributed by atoms with E-state index in [4.69, 9.17) is 0 Å². The Balaban J connectivity index is 1.35. The fourth-order valence-corrected chi connectivity index (χ4v) is 4.03. The van der Waals surface area contributed by atoms with Gasteiger partial charge in [-0.1, -0.05) is 30.3 Å². The maximum Gasteiger partial charge on any atom is 0.0543 e. The molecule has 3 heteroatoms. The summed E-state index contributed by atoms with van der Waals surface area (Å²) in [6.07, 6.45) is 5.63. The number of aromatic nitrogens is 1. The lowest BCUT2D eigenvalue weighted by molar-refractivity contribution is 0.200. The molecule has 1 aliphatic heterocycles. The molecule has 0 N–H and O–H groups in total. The quantitative estimate of drug-likeness (QED) is 0.869. The van der Waals surface area contributed by atoms with Crippen molar-refractivity contribution in [2.75, 3.05) is 26.2 Å². The first-order valence-corrected chi connectivity index (χ1v) is 8.81. The number of pyridine rings is 1. The van der Waals surface area contributed by atoms with Crippen LogP contribution in [0.3, 0.4) is 0 Å². The van der Waals surface area contributed by atoms with Crippen LogP contribution in [-0.2, 0) is 19.4 Å². The molecule has 2 aromatic rings. The van der Waals surface area contributed by atoms with Crippen molar-refractivity contribution in [3.05, 3.63) is 65.5 Å². The van der Waals surface area contributed by atoms with Crippen LogP contribution in [0.4, 0.5) is 0 Å². The summed E-state index contributed by atoms with van der Waals surface area (Å²) in [5.74, 6) is 0. The van der Waals surface area contributed by atoms with E-state index in [1.807, 2.05) is 12.3 Å². The van der Waals surface area contributed by atoms with E-state index in [9.17, 15) is 0 Å². The predicted molar refractivity (Wildman–Crippen MR) is 93.3 cm³/mol. The van der Waals surface area contributed by atoms with Crippen molar-refractivity contribution in [1.29, 1.82) is 0 Å². The zero-order valence-electron chi connectivity index (χ0n) is 13.7. The maximum atomic E-state index is 4.47. The van der Waals surface area contributed by atoms with Crippen molar-refractivity contribution in [2.45, 2.75) is 31.8 Å². The Morgan fingerprint density at radius 3 is 2.39 bits per heavy atom. The van der Waals surface area contributed by atoms with E-state index < -0.39 is 0 Å². The lowest BCUT2D eigenvalue weighted by atomic mass is 10.1. The van der Waals surface area contributed by atoms with Crippen molar-refractivity contribution < 1.29 is 0 Å². The molecule has 1 saturated heterocycles. The topological polar surface area (TPSA) is 19.4 Å². The number of hydrogen-bond acceptors (Lipinski definition) is 3. The fraction of sp³-hybridized carbons (Fsp3) is 0.450. The Labute approximate surface area is 139 Å². The summed E-state index contributed by atoms with van der Waals surface area (Å²) >= 11 is 0. The summed E-state index contributed by atoms with van der Waals surface area (Å²) in [6.45, 7) is 5.75. The van der Waals surface area contributed by atoms with Crippen molar-refractivity contribution in [1.82, 2.24) is 14.8 Å². The van der Waals surface area contributed by atoms with Gasteiger partial charge in [0.1, 0.15) is 0 Å². The SMILES string of the molecule is c1ccc(CN2CCCN(C3Cc4ccccc4C3)CC2)nc1. The monoisotopic (exact) mass is 307 g/mol. The molecule has 23 heavy (non-hydrogen) atoms. The third kappa shape index (κ3) is 3.46. The highest BCUT2D eigenvalue weighted by molar-refractivity contribution is 5.33. The van der Waals surface area contributed by atoms with Gasteiger partial charge >= 0.3 is 0 Å². The summed E-state index contributed by atoms with van der Waals surface area (Å²) in [4.78, 5) is 9.75. The smallest absolute Gasteiger partial charge is 0.0543 e. The van der Waals surface area contributed by atoms with Gasteiger partial charge in [0.05, 0.1) is 5.69 Å². The standard InChI is InChI=1S/C20H25N3/c1-2-7-18-15-20(14-17(18)6-1)23-11-5-10-22(12-13-23)16-19-8-3-4-9-21-19/h1-4,6-9,20H,5,10-16H2. The highest BCUT2D eigenvalue weighted by atomic mass is 15.2. The van der Waals surface area contributed by atoms with Crippen molar-refractivity contribution in [2.24, 2.45) is 0 Å². The van der Waals surface area contributed by atoms with Crippen LogP contribution < -0.4 is 0 Å². The van der Waals surface area contributed by atoms with Gasteiger partial charge in [-0.25, -0.2) is 0 Å². The van der Waals surface area contributed by atoms with Crippen LogP contribution >= 0.6 is 0 Å². The molecular formula is C20H25N3. The van der Waals surface area contributed by atoms with E-state index in [0.29, 0.717) is 6.04 Å². The van der Waals surface area contributed by atoms with Crippen molar-refractivity contribution >= 4 is 0 Å². The normalized spacial score (nSPS) is 20.3. The van der Waals surface area contributed by atoms with E-state index in [-0.39, 0.29) is 0 Å². The highest BCUT2D eigenvalue weighted by Crippen LogP contribution is 2.26. The first kappa shape index (κ1) is 14.9. The molecule has 2 heterocycles. The van der Waals surface area contributed by atoms with Gasteiger partial charge in [0.2, 0.25) is 0 Å². The summed E-state index contributed by atoms with van der Waals surface area (Å²) in [6, 6.07) is 15.9. The Kier molecular flexibility index (Phi) is 4.40. The number of benzene rings is 1. The Morgan fingerprint density at radius 1 is 0.870 bits per heavy atom. The number of fused-ring (bicyclic) bond motifs is 1. The zero-order chi connectivity index (χ0) is 15.5. The predicted octanol–water partition coefficient (Wildman–Crippen LogP) is 2.76. The molecule has 0 amide bonds. The van der Waals surface area contributed by atoms with E-state index in [2.05, 4.69) is 51.2 Å². The third-order valence-electron chi connectivity index (χ3n) is 5.28. The average molecular weight is 307 g/mol. The van der Waals surface area contributed by atoms with Gasteiger partial charge in [-0.05, 0) is 55.6 Å². The minimum Gasteiger partial charge on any atom is -0.298 e. The molecule has 1 aromatic heterocycles. The molecule has 1 aromatic carbocycles. The summed E-state index contributed by atoms with van der Waals surface area (Å²) in [5.41, 5.74) is 4.31. The lowest BCUT2D eigenvalue weighted by Gasteiger charge is -2.27. The van der Waals surface area contributed by atoms with Crippen LogP contribution in [0, 0.1) is 0 Å². The first-order chi connectivity index (χ1) is 11.4. The molecule has 1 aliphatic carbocycles.